The molecular formula is C4H7NO2. The molecule has 0 amide bonds. The van der Waals surface area contributed by atoms with E-state index in [1.807, 2.05) is 0 Å². The highest BCUT2D eigenvalue weighted by Gasteiger charge is 1.85. The molecule has 3 nitrogen and oxygen atoms in total. The van der Waals surface area contributed by atoms with Gasteiger partial charge in [-0.3, -0.25) is 4.79 Å². The summed E-state index contributed by atoms with van der Waals surface area (Å²) in [5.41, 5.74) is 4.83. The van der Waals surface area contributed by atoms with E-state index in [0.717, 1.165) is 0 Å². The van der Waals surface area contributed by atoms with E-state index >= 15 is 0 Å². The topological polar surface area (TPSA) is 63.3 Å². The Balaban J connectivity index is 3.14. The first-order valence-electron chi connectivity index (χ1n) is 1.86. The smallest absolute Gasteiger partial charge is 0.307 e. The third kappa shape index (κ3) is 5.01. The molecule has 0 heterocycles. The van der Waals surface area contributed by atoms with Crippen molar-refractivity contribution in [3.05, 3.63) is 12.3 Å². The molecule has 0 fully saturated rings. The first kappa shape index (κ1) is 6.01. The third-order valence-corrected chi connectivity index (χ3v) is 0.429. The van der Waals surface area contributed by atoms with E-state index in [1.54, 1.807) is 0 Å². The molecule has 0 aliphatic heterocycles. The van der Waals surface area contributed by atoms with E-state index in [9.17, 15) is 4.79 Å². The number of carboxylic acid groups (broad SMARTS) is 1. The lowest BCUT2D eigenvalue weighted by atomic mass is 10.4. The first-order valence-corrected chi connectivity index (χ1v) is 1.86. The van der Waals surface area contributed by atoms with Crippen molar-refractivity contribution in [1.29, 1.82) is 0 Å². The van der Waals surface area contributed by atoms with Gasteiger partial charge in [-0.1, -0.05) is 6.08 Å². The van der Waals surface area contributed by atoms with Crippen molar-refractivity contribution in [3.63, 3.8) is 0 Å². The van der Waals surface area contributed by atoms with Crippen molar-refractivity contribution in [1.82, 2.24) is 0 Å². The first-order chi connectivity index (χ1) is 3.27. The Labute approximate surface area is 41.4 Å². The molecule has 0 spiro atoms. The van der Waals surface area contributed by atoms with Crippen LogP contribution in [0.2, 0.25) is 0 Å². The van der Waals surface area contributed by atoms with Crippen LogP contribution in [0.15, 0.2) is 12.3 Å². The van der Waals surface area contributed by atoms with Gasteiger partial charge >= 0.3 is 5.97 Å². The van der Waals surface area contributed by atoms with Crippen LogP contribution in [0.3, 0.4) is 0 Å². The van der Waals surface area contributed by atoms with E-state index in [4.69, 9.17) is 10.8 Å². The van der Waals surface area contributed by atoms with Gasteiger partial charge in [0.1, 0.15) is 0 Å². The molecule has 0 saturated heterocycles. The van der Waals surface area contributed by atoms with Crippen LogP contribution in [-0.4, -0.2) is 11.1 Å². The second-order valence-electron chi connectivity index (χ2n) is 1.03. The normalized spacial score (nSPS) is 9.71. The van der Waals surface area contributed by atoms with Gasteiger partial charge in [-0.2, -0.15) is 0 Å². The molecule has 0 radical (unpaired) electrons. The predicted molar refractivity (Wildman–Crippen MR) is 25.6 cm³/mol. The summed E-state index contributed by atoms with van der Waals surface area (Å²) >= 11 is 0. The molecule has 40 valence electrons. The molecule has 0 rings (SSSR count). The molecule has 3 N–H and O–H groups in total. The largest absolute Gasteiger partial charge is 0.481 e. The number of carboxylic acids is 1. The van der Waals surface area contributed by atoms with Crippen molar-refractivity contribution in [2.24, 2.45) is 5.73 Å². The van der Waals surface area contributed by atoms with E-state index in [-0.39, 0.29) is 6.42 Å². The second-order valence-corrected chi connectivity index (χ2v) is 1.03. The highest BCUT2D eigenvalue weighted by atomic mass is 16.4. The minimum atomic E-state index is -0.860. The Morgan fingerprint density at radius 3 is 2.57 bits per heavy atom. The zero-order chi connectivity index (χ0) is 5.70. The predicted octanol–water partition coefficient (Wildman–Crippen LogP) is -0.0665. The molecule has 0 aromatic rings. The average Bonchev–Trinajstić information content (AvgIpc) is 1.61. The van der Waals surface area contributed by atoms with Gasteiger partial charge < -0.3 is 10.8 Å². The minimum absolute atomic E-state index is 0.0104. The fourth-order valence-corrected chi connectivity index (χ4v) is 0.169. The fraction of sp³-hybridized carbons (Fsp3) is 0.250. The number of carbonyl (C=O) groups is 1. The van der Waals surface area contributed by atoms with Gasteiger partial charge in [-0.25, -0.2) is 0 Å². The van der Waals surface area contributed by atoms with Crippen LogP contribution in [0.4, 0.5) is 0 Å². The summed E-state index contributed by atoms with van der Waals surface area (Å²) in [6, 6.07) is 0. The van der Waals surface area contributed by atoms with Crippen LogP contribution in [0.5, 0.6) is 0 Å². The molecule has 0 aliphatic carbocycles. The Morgan fingerprint density at radius 1 is 1.86 bits per heavy atom. The summed E-state index contributed by atoms with van der Waals surface area (Å²) < 4.78 is 0. The van der Waals surface area contributed by atoms with Gasteiger partial charge in [0, 0.05) is 0 Å². The molecule has 0 unspecified atom stereocenters. The van der Waals surface area contributed by atoms with Gasteiger partial charge in [-0.05, 0) is 6.20 Å². The van der Waals surface area contributed by atoms with Crippen molar-refractivity contribution >= 4 is 5.97 Å². The number of rotatable bonds is 2. The van der Waals surface area contributed by atoms with E-state index in [2.05, 4.69) is 0 Å². The highest BCUT2D eigenvalue weighted by molar-refractivity contribution is 5.68. The molecule has 3 heteroatoms. The molecule has 0 atom stereocenters. The van der Waals surface area contributed by atoms with E-state index in [1.165, 1.54) is 12.3 Å². The van der Waals surface area contributed by atoms with Crippen molar-refractivity contribution in [3.8, 4) is 0 Å². The van der Waals surface area contributed by atoms with Crippen LogP contribution >= 0.6 is 0 Å². The maximum absolute atomic E-state index is 9.65. The monoisotopic (exact) mass is 101 g/mol. The van der Waals surface area contributed by atoms with Crippen LogP contribution in [-0.2, 0) is 4.79 Å². The van der Waals surface area contributed by atoms with Crippen molar-refractivity contribution < 1.29 is 9.90 Å². The Bertz CT molecular complexity index is 87.7. The summed E-state index contributed by atoms with van der Waals surface area (Å²) in [6.45, 7) is 0. The summed E-state index contributed by atoms with van der Waals surface area (Å²) in [5, 5.41) is 7.94. The van der Waals surface area contributed by atoms with Gasteiger partial charge in [0.25, 0.3) is 0 Å². The Morgan fingerprint density at radius 2 is 2.43 bits per heavy atom. The van der Waals surface area contributed by atoms with Crippen molar-refractivity contribution in [2.45, 2.75) is 6.42 Å². The summed E-state index contributed by atoms with van der Waals surface area (Å²) in [4.78, 5) is 9.65. The van der Waals surface area contributed by atoms with Crippen LogP contribution < -0.4 is 5.73 Å². The number of hydrogen-bond acceptors (Lipinski definition) is 2. The standard InChI is InChI=1S/C4H7NO2/c5-3-1-2-4(6)7/h1,3H,2,5H2,(H,6,7). The summed E-state index contributed by atoms with van der Waals surface area (Å²) in [6.07, 6.45) is 2.60. The maximum atomic E-state index is 9.65. The molecule has 0 aromatic carbocycles. The van der Waals surface area contributed by atoms with Crippen molar-refractivity contribution in [2.75, 3.05) is 0 Å². The highest BCUT2D eigenvalue weighted by Crippen LogP contribution is 1.76. The minimum Gasteiger partial charge on any atom is -0.481 e. The SMILES string of the molecule is NC=CCC(=O)O. The quantitative estimate of drug-likeness (QED) is 0.512. The van der Waals surface area contributed by atoms with Gasteiger partial charge in [0.15, 0.2) is 0 Å². The number of nitrogens with two attached hydrogens (primary N) is 1. The van der Waals surface area contributed by atoms with Crippen LogP contribution in [0.1, 0.15) is 6.42 Å². The zero-order valence-electron chi connectivity index (χ0n) is 3.79. The van der Waals surface area contributed by atoms with Gasteiger partial charge in [0.05, 0.1) is 6.42 Å². The van der Waals surface area contributed by atoms with Gasteiger partial charge in [0.2, 0.25) is 0 Å². The third-order valence-electron chi connectivity index (χ3n) is 0.429. The lowest BCUT2D eigenvalue weighted by Gasteiger charge is -1.77. The second kappa shape index (κ2) is 3.21. The van der Waals surface area contributed by atoms with Gasteiger partial charge in [-0.15, -0.1) is 0 Å². The molecule has 7 heavy (non-hydrogen) atoms. The van der Waals surface area contributed by atoms with Crippen LogP contribution in [0, 0.1) is 0 Å². The molecule has 0 saturated carbocycles. The summed E-state index contributed by atoms with van der Waals surface area (Å²) in [7, 11) is 0. The van der Waals surface area contributed by atoms with E-state index in [0.29, 0.717) is 0 Å². The van der Waals surface area contributed by atoms with Crippen LogP contribution in [0.25, 0.3) is 0 Å². The molecule has 0 aliphatic rings. The van der Waals surface area contributed by atoms with E-state index < -0.39 is 5.97 Å². The lowest BCUT2D eigenvalue weighted by Crippen LogP contribution is -1.90. The number of aliphatic carboxylic acids is 1. The molecular weight excluding hydrogens is 94.0 g/mol. The zero-order valence-corrected chi connectivity index (χ0v) is 3.79. The maximum Gasteiger partial charge on any atom is 0.307 e. The molecule has 0 bridgehead atoms. The average molecular weight is 101 g/mol. The molecule has 0 aromatic heterocycles. The number of hydrogen-bond donors (Lipinski definition) is 2. The fourth-order valence-electron chi connectivity index (χ4n) is 0.169. The Kier molecular flexibility index (Phi) is 2.76. The Hall–Kier alpha value is -0.990. The lowest BCUT2D eigenvalue weighted by molar-refractivity contribution is -0.136. The summed E-state index contributed by atoms with van der Waals surface area (Å²) in [5.74, 6) is -0.860.